The summed E-state index contributed by atoms with van der Waals surface area (Å²) >= 11 is 0. The van der Waals surface area contributed by atoms with Crippen LogP contribution in [0.4, 0.5) is 4.39 Å². The highest BCUT2D eigenvalue weighted by Gasteiger charge is 2.15. The second kappa shape index (κ2) is 7.01. The minimum absolute atomic E-state index is 0.0187. The fourth-order valence-electron chi connectivity index (χ4n) is 1.40. The molecule has 1 atom stereocenters. The van der Waals surface area contributed by atoms with E-state index < -0.39 is 11.8 Å². The van der Waals surface area contributed by atoms with E-state index in [1.807, 2.05) is 0 Å². The van der Waals surface area contributed by atoms with Crippen LogP contribution >= 0.6 is 0 Å². The molecule has 0 aromatic heterocycles. The molecular weight excluding hydrogens is 221 g/mol. The lowest BCUT2D eigenvalue weighted by Gasteiger charge is -2.14. The van der Waals surface area contributed by atoms with Crippen LogP contribution in [0.2, 0.25) is 0 Å². The Morgan fingerprint density at radius 3 is 2.82 bits per heavy atom. The number of rotatable bonds is 6. The van der Waals surface area contributed by atoms with Gasteiger partial charge in [0.05, 0.1) is 5.56 Å². The number of hydrogen-bond donors (Lipinski definition) is 1. The molecule has 0 aliphatic rings. The van der Waals surface area contributed by atoms with Crippen LogP contribution in [-0.2, 0) is 4.74 Å². The molecule has 1 N–H and O–H groups in total. The van der Waals surface area contributed by atoms with Crippen molar-refractivity contribution < 1.29 is 13.9 Å². The van der Waals surface area contributed by atoms with Crippen molar-refractivity contribution in [2.75, 3.05) is 13.1 Å². The largest absolute Gasteiger partial charge is 0.458 e. The number of ether oxygens (including phenoxy) is 1. The summed E-state index contributed by atoms with van der Waals surface area (Å²) in [5.41, 5.74) is -0.0187. The lowest BCUT2D eigenvalue weighted by Crippen LogP contribution is -2.29. The van der Waals surface area contributed by atoms with Gasteiger partial charge >= 0.3 is 5.97 Å². The second-order valence-electron chi connectivity index (χ2n) is 3.90. The van der Waals surface area contributed by atoms with Crippen LogP contribution in [0.5, 0.6) is 0 Å². The summed E-state index contributed by atoms with van der Waals surface area (Å²) < 4.78 is 18.4. The third-order valence-corrected chi connectivity index (χ3v) is 2.26. The second-order valence-corrected chi connectivity index (χ2v) is 3.90. The Balaban J connectivity index is 2.46. The Labute approximate surface area is 101 Å². The van der Waals surface area contributed by atoms with Gasteiger partial charge in [-0.2, -0.15) is 0 Å². The Bertz CT molecular complexity index is 368. The fraction of sp³-hybridized carbons (Fsp3) is 0.462. The Morgan fingerprint density at radius 2 is 2.18 bits per heavy atom. The number of hydrogen-bond acceptors (Lipinski definition) is 3. The lowest BCUT2D eigenvalue weighted by molar-refractivity contribution is 0.0337. The van der Waals surface area contributed by atoms with E-state index in [4.69, 9.17) is 4.74 Å². The maximum atomic E-state index is 13.3. The van der Waals surface area contributed by atoms with Gasteiger partial charge in [-0.1, -0.05) is 19.1 Å². The summed E-state index contributed by atoms with van der Waals surface area (Å²) in [6, 6.07) is 5.82. The summed E-state index contributed by atoms with van der Waals surface area (Å²) in [7, 11) is 0. The standard InChI is InChI=1S/C13H18FNO2/c1-3-8-15-9-10(2)17-13(16)11-6-4-5-7-12(11)14/h4-7,10,15H,3,8-9H2,1-2H3. The van der Waals surface area contributed by atoms with Crippen LogP contribution in [0, 0.1) is 5.82 Å². The molecule has 1 unspecified atom stereocenters. The number of carbonyl (C=O) groups is 1. The average molecular weight is 239 g/mol. The Kier molecular flexibility index (Phi) is 5.63. The zero-order chi connectivity index (χ0) is 12.7. The highest BCUT2D eigenvalue weighted by Crippen LogP contribution is 2.09. The number of carbonyl (C=O) groups excluding carboxylic acids is 1. The van der Waals surface area contributed by atoms with Crippen molar-refractivity contribution in [1.82, 2.24) is 5.32 Å². The highest BCUT2D eigenvalue weighted by molar-refractivity contribution is 5.89. The van der Waals surface area contributed by atoms with E-state index in [0.29, 0.717) is 6.54 Å². The van der Waals surface area contributed by atoms with E-state index in [9.17, 15) is 9.18 Å². The minimum Gasteiger partial charge on any atom is -0.458 e. The summed E-state index contributed by atoms with van der Waals surface area (Å²) in [4.78, 5) is 11.6. The first kappa shape index (κ1) is 13.6. The molecule has 1 aromatic carbocycles. The highest BCUT2D eigenvalue weighted by atomic mass is 19.1. The first-order chi connectivity index (χ1) is 8.15. The molecule has 3 nitrogen and oxygen atoms in total. The molecule has 0 aliphatic carbocycles. The minimum atomic E-state index is -0.617. The molecule has 0 aliphatic heterocycles. The van der Waals surface area contributed by atoms with Crippen LogP contribution in [0.15, 0.2) is 24.3 Å². The Morgan fingerprint density at radius 1 is 1.47 bits per heavy atom. The van der Waals surface area contributed by atoms with Gasteiger partial charge in [0.25, 0.3) is 0 Å². The zero-order valence-electron chi connectivity index (χ0n) is 10.2. The molecule has 0 bridgehead atoms. The fourth-order valence-corrected chi connectivity index (χ4v) is 1.40. The molecule has 0 saturated carbocycles. The van der Waals surface area contributed by atoms with Gasteiger partial charge in [0.2, 0.25) is 0 Å². The molecule has 0 amide bonds. The SMILES string of the molecule is CCCNCC(C)OC(=O)c1ccccc1F. The topological polar surface area (TPSA) is 38.3 Å². The lowest BCUT2D eigenvalue weighted by atomic mass is 10.2. The summed E-state index contributed by atoms with van der Waals surface area (Å²) in [6.45, 7) is 5.29. The van der Waals surface area contributed by atoms with Crippen LogP contribution in [-0.4, -0.2) is 25.2 Å². The van der Waals surface area contributed by atoms with Gasteiger partial charge in [-0.15, -0.1) is 0 Å². The third-order valence-electron chi connectivity index (χ3n) is 2.26. The number of benzene rings is 1. The van der Waals surface area contributed by atoms with Crippen molar-refractivity contribution >= 4 is 5.97 Å². The van der Waals surface area contributed by atoms with E-state index in [2.05, 4.69) is 12.2 Å². The van der Waals surface area contributed by atoms with Crippen molar-refractivity contribution in [1.29, 1.82) is 0 Å². The molecule has 17 heavy (non-hydrogen) atoms. The summed E-state index contributed by atoms with van der Waals surface area (Å²) in [5.74, 6) is -1.17. The van der Waals surface area contributed by atoms with Crippen LogP contribution < -0.4 is 5.32 Å². The van der Waals surface area contributed by atoms with Gasteiger partial charge in [0.1, 0.15) is 11.9 Å². The van der Waals surface area contributed by atoms with Gasteiger partial charge < -0.3 is 10.1 Å². The normalized spacial score (nSPS) is 12.2. The molecular formula is C13H18FNO2. The van der Waals surface area contributed by atoms with E-state index in [1.54, 1.807) is 19.1 Å². The Hall–Kier alpha value is -1.42. The maximum absolute atomic E-state index is 13.3. The number of halogens is 1. The number of nitrogens with one attached hydrogen (secondary N) is 1. The van der Waals surface area contributed by atoms with E-state index >= 15 is 0 Å². The molecule has 94 valence electrons. The van der Waals surface area contributed by atoms with Crippen LogP contribution in [0.3, 0.4) is 0 Å². The predicted molar refractivity (Wildman–Crippen MR) is 64.4 cm³/mol. The van der Waals surface area contributed by atoms with Crippen molar-refractivity contribution in [3.05, 3.63) is 35.6 Å². The molecule has 0 saturated heterocycles. The zero-order valence-corrected chi connectivity index (χ0v) is 10.2. The smallest absolute Gasteiger partial charge is 0.341 e. The van der Waals surface area contributed by atoms with Gasteiger partial charge in [-0.25, -0.2) is 9.18 Å². The molecule has 0 radical (unpaired) electrons. The summed E-state index contributed by atoms with van der Waals surface area (Å²) in [6.07, 6.45) is 0.752. The first-order valence-electron chi connectivity index (χ1n) is 5.81. The molecule has 0 spiro atoms. The van der Waals surface area contributed by atoms with E-state index in [1.165, 1.54) is 12.1 Å². The monoisotopic (exact) mass is 239 g/mol. The van der Waals surface area contributed by atoms with Crippen molar-refractivity contribution in [2.45, 2.75) is 26.4 Å². The van der Waals surface area contributed by atoms with Crippen molar-refractivity contribution in [3.63, 3.8) is 0 Å². The van der Waals surface area contributed by atoms with Crippen LogP contribution in [0.1, 0.15) is 30.6 Å². The summed E-state index contributed by atoms with van der Waals surface area (Å²) in [5, 5.41) is 3.14. The maximum Gasteiger partial charge on any atom is 0.341 e. The molecule has 0 heterocycles. The van der Waals surface area contributed by atoms with Crippen LogP contribution in [0.25, 0.3) is 0 Å². The average Bonchev–Trinajstić information content (AvgIpc) is 2.29. The van der Waals surface area contributed by atoms with Crippen molar-refractivity contribution in [2.24, 2.45) is 0 Å². The first-order valence-corrected chi connectivity index (χ1v) is 5.81. The van der Waals surface area contributed by atoms with E-state index in [0.717, 1.165) is 13.0 Å². The molecule has 4 heteroatoms. The molecule has 0 fully saturated rings. The van der Waals surface area contributed by atoms with Gasteiger partial charge in [-0.3, -0.25) is 0 Å². The third kappa shape index (κ3) is 4.53. The quantitative estimate of drug-likeness (QED) is 0.612. The molecule has 1 aromatic rings. The van der Waals surface area contributed by atoms with Gasteiger partial charge in [0, 0.05) is 6.54 Å². The predicted octanol–water partition coefficient (Wildman–Crippen LogP) is 2.37. The van der Waals surface area contributed by atoms with Gasteiger partial charge in [-0.05, 0) is 32.0 Å². The number of esters is 1. The van der Waals surface area contributed by atoms with Crippen molar-refractivity contribution in [3.8, 4) is 0 Å². The molecule has 1 rings (SSSR count). The van der Waals surface area contributed by atoms with E-state index in [-0.39, 0.29) is 11.7 Å². The van der Waals surface area contributed by atoms with Gasteiger partial charge in [0.15, 0.2) is 0 Å².